The number of halogens is 1. The molecule has 1 unspecified atom stereocenters. The summed E-state index contributed by atoms with van der Waals surface area (Å²) in [6.07, 6.45) is 2.75. The molecule has 1 aromatic heterocycles. The van der Waals surface area contributed by atoms with Crippen LogP contribution in [0.15, 0.2) is 15.5 Å². The molecular formula is C12H19BrN4O. The van der Waals surface area contributed by atoms with Crippen molar-refractivity contribution in [2.45, 2.75) is 38.8 Å². The van der Waals surface area contributed by atoms with E-state index in [1.807, 2.05) is 13.8 Å². The van der Waals surface area contributed by atoms with E-state index in [-0.39, 0.29) is 17.1 Å². The summed E-state index contributed by atoms with van der Waals surface area (Å²) in [5.41, 5.74) is 0.661. The molecule has 0 amide bonds. The van der Waals surface area contributed by atoms with Crippen LogP contribution in [0, 0.1) is 0 Å². The van der Waals surface area contributed by atoms with Gasteiger partial charge in [-0.3, -0.25) is 4.79 Å². The maximum absolute atomic E-state index is 12.1. The first-order chi connectivity index (χ1) is 8.43. The predicted octanol–water partition coefficient (Wildman–Crippen LogP) is 1.75. The smallest absolute Gasteiger partial charge is 0.283 e. The molecule has 2 rings (SSSR count). The summed E-state index contributed by atoms with van der Waals surface area (Å²) in [4.78, 5) is 12.1. The fraction of sp³-hybridized carbons (Fsp3) is 0.667. The molecule has 0 bridgehead atoms. The summed E-state index contributed by atoms with van der Waals surface area (Å²) in [6, 6.07) is 0.0617. The highest BCUT2D eigenvalue weighted by atomic mass is 79.9. The van der Waals surface area contributed by atoms with Gasteiger partial charge in [0.05, 0.1) is 17.9 Å². The molecule has 0 saturated carbocycles. The lowest BCUT2D eigenvalue weighted by atomic mass is 10.0. The van der Waals surface area contributed by atoms with Crippen LogP contribution in [0.3, 0.4) is 0 Å². The van der Waals surface area contributed by atoms with Gasteiger partial charge in [0.2, 0.25) is 0 Å². The number of rotatable bonds is 3. The molecule has 1 aliphatic rings. The monoisotopic (exact) mass is 314 g/mol. The fourth-order valence-electron chi connectivity index (χ4n) is 2.15. The number of anilines is 1. The van der Waals surface area contributed by atoms with Crippen LogP contribution < -0.4 is 16.2 Å². The highest BCUT2D eigenvalue weighted by Crippen LogP contribution is 2.24. The van der Waals surface area contributed by atoms with Crippen molar-refractivity contribution < 1.29 is 0 Å². The van der Waals surface area contributed by atoms with Gasteiger partial charge in [-0.1, -0.05) is 0 Å². The Morgan fingerprint density at radius 3 is 2.89 bits per heavy atom. The van der Waals surface area contributed by atoms with Crippen LogP contribution in [-0.2, 0) is 0 Å². The van der Waals surface area contributed by atoms with E-state index in [2.05, 4.69) is 38.6 Å². The lowest BCUT2D eigenvalue weighted by molar-refractivity contribution is 0.498. The predicted molar refractivity (Wildman–Crippen MR) is 76.1 cm³/mol. The Morgan fingerprint density at radius 1 is 1.61 bits per heavy atom. The Kier molecular flexibility index (Phi) is 3.77. The van der Waals surface area contributed by atoms with Crippen LogP contribution in [0.5, 0.6) is 0 Å². The third-order valence-electron chi connectivity index (χ3n) is 3.24. The van der Waals surface area contributed by atoms with E-state index in [1.54, 1.807) is 6.20 Å². The van der Waals surface area contributed by atoms with Crippen LogP contribution in [0.1, 0.15) is 33.2 Å². The van der Waals surface area contributed by atoms with E-state index < -0.39 is 0 Å². The largest absolute Gasteiger partial charge is 0.376 e. The number of nitrogens with zero attached hydrogens (tertiary/aromatic N) is 2. The van der Waals surface area contributed by atoms with Crippen molar-refractivity contribution in [1.82, 2.24) is 15.1 Å². The summed E-state index contributed by atoms with van der Waals surface area (Å²) in [5, 5.41) is 10.9. The maximum Gasteiger partial charge on any atom is 0.283 e. The molecule has 2 N–H and O–H groups in total. The second-order valence-corrected chi connectivity index (χ2v) is 6.12. The van der Waals surface area contributed by atoms with Gasteiger partial charge in [0, 0.05) is 12.1 Å². The second kappa shape index (κ2) is 5.01. The molecule has 1 saturated heterocycles. The topological polar surface area (TPSA) is 59.0 Å². The minimum atomic E-state index is -0.0930. The summed E-state index contributed by atoms with van der Waals surface area (Å²) in [6.45, 7) is 7.92. The molecule has 18 heavy (non-hydrogen) atoms. The highest BCUT2D eigenvalue weighted by molar-refractivity contribution is 9.10. The maximum atomic E-state index is 12.1. The summed E-state index contributed by atoms with van der Waals surface area (Å²) in [7, 11) is 0. The van der Waals surface area contributed by atoms with Crippen LogP contribution in [0.4, 0.5) is 5.69 Å². The molecular weight excluding hydrogens is 296 g/mol. The molecule has 0 radical (unpaired) electrons. The van der Waals surface area contributed by atoms with E-state index in [0.29, 0.717) is 4.47 Å². The molecule has 1 fully saturated rings. The van der Waals surface area contributed by atoms with Crippen LogP contribution >= 0.6 is 15.9 Å². The van der Waals surface area contributed by atoms with Crippen LogP contribution in [0.2, 0.25) is 0 Å². The number of aromatic nitrogens is 2. The normalized spacial score (nSPS) is 23.6. The first-order valence-electron chi connectivity index (χ1n) is 6.19. The average molecular weight is 315 g/mol. The highest BCUT2D eigenvalue weighted by Gasteiger charge is 2.29. The number of hydrogen-bond donors (Lipinski definition) is 2. The molecule has 1 atom stereocenters. The van der Waals surface area contributed by atoms with Gasteiger partial charge in [0.15, 0.2) is 0 Å². The molecule has 1 aromatic rings. The zero-order valence-electron chi connectivity index (χ0n) is 11.0. The van der Waals surface area contributed by atoms with E-state index in [4.69, 9.17) is 0 Å². The van der Waals surface area contributed by atoms with Crippen molar-refractivity contribution in [1.29, 1.82) is 0 Å². The fourth-order valence-corrected chi connectivity index (χ4v) is 2.53. The van der Waals surface area contributed by atoms with Gasteiger partial charge in [-0.05, 0) is 49.7 Å². The van der Waals surface area contributed by atoms with Gasteiger partial charge in [0.25, 0.3) is 5.56 Å². The zero-order chi connectivity index (χ0) is 13.3. The number of hydrogen-bond acceptors (Lipinski definition) is 4. The molecule has 2 heterocycles. The van der Waals surface area contributed by atoms with Crippen molar-refractivity contribution in [2.75, 3.05) is 18.4 Å². The molecule has 0 aliphatic carbocycles. The first kappa shape index (κ1) is 13.5. The number of nitrogens with one attached hydrogen (secondary N) is 2. The standard InChI is InChI=1S/C12H19BrN4O/c1-8(2)17-11(18)10(13)9(6-15-17)16-12(3)4-5-14-7-12/h6,8,14,16H,4-5,7H2,1-3H3. The average Bonchev–Trinajstić information content (AvgIpc) is 2.72. The van der Waals surface area contributed by atoms with Crippen molar-refractivity contribution in [3.63, 3.8) is 0 Å². The van der Waals surface area contributed by atoms with Gasteiger partial charge < -0.3 is 10.6 Å². The lowest BCUT2D eigenvalue weighted by Gasteiger charge is -2.26. The van der Waals surface area contributed by atoms with Crippen molar-refractivity contribution in [3.8, 4) is 0 Å². The van der Waals surface area contributed by atoms with E-state index in [1.165, 1.54) is 4.68 Å². The zero-order valence-corrected chi connectivity index (χ0v) is 12.5. The minimum absolute atomic E-state index is 0.0132. The molecule has 6 heteroatoms. The Labute approximate surface area is 115 Å². The Morgan fingerprint density at radius 2 is 2.33 bits per heavy atom. The van der Waals surface area contributed by atoms with Crippen molar-refractivity contribution in [2.24, 2.45) is 0 Å². The third-order valence-corrected chi connectivity index (χ3v) is 4.00. The Hall–Kier alpha value is -0.880. The Bertz CT molecular complexity index is 491. The SMILES string of the molecule is CC(C)n1ncc(NC2(C)CCNC2)c(Br)c1=O. The van der Waals surface area contributed by atoms with E-state index >= 15 is 0 Å². The molecule has 5 nitrogen and oxygen atoms in total. The third kappa shape index (κ3) is 2.59. The van der Waals surface area contributed by atoms with Gasteiger partial charge >= 0.3 is 0 Å². The van der Waals surface area contributed by atoms with Crippen LogP contribution in [0.25, 0.3) is 0 Å². The molecule has 1 aliphatic heterocycles. The quantitative estimate of drug-likeness (QED) is 0.892. The van der Waals surface area contributed by atoms with Crippen molar-refractivity contribution in [3.05, 3.63) is 21.0 Å². The minimum Gasteiger partial charge on any atom is -0.376 e. The molecule has 0 spiro atoms. The summed E-state index contributed by atoms with van der Waals surface area (Å²) in [5.74, 6) is 0. The van der Waals surface area contributed by atoms with Gasteiger partial charge in [-0.15, -0.1) is 0 Å². The van der Waals surface area contributed by atoms with Crippen molar-refractivity contribution >= 4 is 21.6 Å². The lowest BCUT2D eigenvalue weighted by Crippen LogP contribution is -2.38. The van der Waals surface area contributed by atoms with Gasteiger partial charge in [0.1, 0.15) is 4.47 Å². The van der Waals surface area contributed by atoms with E-state index in [0.717, 1.165) is 25.2 Å². The summed E-state index contributed by atoms with van der Waals surface area (Å²) >= 11 is 3.37. The summed E-state index contributed by atoms with van der Waals surface area (Å²) < 4.78 is 2.03. The van der Waals surface area contributed by atoms with E-state index in [9.17, 15) is 4.79 Å². The first-order valence-corrected chi connectivity index (χ1v) is 6.98. The van der Waals surface area contributed by atoms with Crippen LogP contribution in [-0.4, -0.2) is 28.4 Å². The Balaban J connectivity index is 2.30. The van der Waals surface area contributed by atoms with Gasteiger partial charge in [-0.2, -0.15) is 5.10 Å². The molecule has 0 aromatic carbocycles. The second-order valence-electron chi connectivity index (χ2n) is 5.33. The molecule has 100 valence electrons. The van der Waals surface area contributed by atoms with Gasteiger partial charge in [-0.25, -0.2) is 4.68 Å².